The number of aromatic nitrogens is 3. The van der Waals surface area contributed by atoms with Gasteiger partial charge < -0.3 is 0 Å². The van der Waals surface area contributed by atoms with Gasteiger partial charge in [-0.3, -0.25) is 0 Å². The predicted molar refractivity (Wildman–Crippen MR) is 178 cm³/mol. The van der Waals surface area contributed by atoms with E-state index in [1.165, 1.54) is 43.2 Å². The van der Waals surface area contributed by atoms with Crippen molar-refractivity contribution in [3.8, 4) is 57.4 Å². The van der Waals surface area contributed by atoms with E-state index in [1.807, 2.05) is 36.4 Å². The molecule has 5 aromatic rings. The van der Waals surface area contributed by atoms with Crippen LogP contribution in [0.15, 0.2) is 97.1 Å². The van der Waals surface area contributed by atoms with Crippen LogP contribution in [0.4, 0.5) is 0 Å². The molecule has 3 unspecified atom stereocenters. The zero-order chi connectivity index (χ0) is 31.0. The summed E-state index contributed by atoms with van der Waals surface area (Å²) < 4.78 is 0. The summed E-state index contributed by atoms with van der Waals surface area (Å²) in [4.78, 5) is 14.5. The second kappa shape index (κ2) is 11.8. The van der Waals surface area contributed by atoms with Crippen molar-refractivity contribution in [1.82, 2.24) is 15.0 Å². The Hall–Kier alpha value is -5.13. The van der Waals surface area contributed by atoms with E-state index >= 15 is 0 Å². The first kappa shape index (κ1) is 28.6. The van der Waals surface area contributed by atoms with Gasteiger partial charge in [0.1, 0.15) is 0 Å². The molecule has 220 valence electrons. The number of hydrogen-bond acceptors (Lipinski definition) is 5. The Balaban J connectivity index is 1.27. The van der Waals surface area contributed by atoms with Gasteiger partial charge in [-0.05, 0) is 102 Å². The zero-order valence-electron chi connectivity index (χ0n) is 25.7. The molecule has 0 saturated heterocycles. The number of nitriles is 2. The summed E-state index contributed by atoms with van der Waals surface area (Å²) in [5.74, 6) is 3.92. The van der Waals surface area contributed by atoms with Gasteiger partial charge in [0, 0.05) is 16.7 Å². The molecular weight excluding hydrogens is 550 g/mol. The van der Waals surface area contributed by atoms with Gasteiger partial charge in [-0.1, -0.05) is 80.6 Å². The molecule has 4 atom stereocenters. The lowest BCUT2D eigenvalue weighted by Gasteiger charge is -2.50. The summed E-state index contributed by atoms with van der Waals surface area (Å²) in [6.07, 6.45) is 6.67. The normalized spacial score (nSPS) is 22.3. The number of benzene rings is 4. The van der Waals surface area contributed by atoms with Crippen LogP contribution < -0.4 is 0 Å². The van der Waals surface area contributed by atoms with Crippen LogP contribution >= 0.6 is 0 Å². The molecule has 1 heterocycles. The summed E-state index contributed by atoms with van der Waals surface area (Å²) >= 11 is 0. The molecule has 2 saturated carbocycles. The van der Waals surface area contributed by atoms with Gasteiger partial charge in [0.25, 0.3) is 0 Å². The fourth-order valence-corrected chi connectivity index (χ4v) is 8.13. The van der Waals surface area contributed by atoms with Crippen molar-refractivity contribution in [1.29, 1.82) is 10.5 Å². The minimum atomic E-state index is 0.309. The molecule has 4 aromatic carbocycles. The molecule has 45 heavy (non-hydrogen) atoms. The maximum Gasteiger partial charge on any atom is 0.164 e. The molecular formula is C40H35N5. The Kier molecular flexibility index (Phi) is 7.48. The first-order valence-electron chi connectivity index (χ1n) is 15.9. The van der Waals surface area contributed by atoms with E-state index in [2.05, 4.69) is 62.4 Å². The van der Waals surface area contributed by atoms with E-state index in [0.717, 1.165) is 40.0 Å². The molecule has 5 heteroatoms. The average Bonchev–Trinajstić information content (AvgIpc) is 3.07. The number of fused-ring (bicyclic) bond motifs is 2. The molecule has 2 bridgehead atoms. The van der Waals surface area contributed by atoms with E-state index in [9.17, 15) is 10.5 Å². The number of nitrogens with zero attached hydrogens (tertiary/aromatic N) is 5. The third-order valence-electron chi connectivity index (χ3n) is 9.72. The first-order valence-corrected chi connectivity index (χ1v) is 15.9. The van der Waals surface area contributed by atoms with Crippen molar-refractivity contribution < 1.29 is 0 Å². The lowest BCUT2D eigenvalue weighted by Crippen LogP contribution is -2.42. The summed E-state index contributed by atoms with van der Waals surface area (Å²) in [5.41, 5.74) is 7.49. The van der Waals surface area contributed by atoms with Gasteiger partial charge in [-0.25, -0.2) is 15.0 Å². The highest BCUT2D eigenvalue weighted by atomic mass is 15.0. The fraction of sp³-hybridized carbons (Fsp3) is 0.275. The molecule has 0 aliphatic heterocycles. The first-order chi connectivity index (χ1) is 21.9. The molecule has 1 aromatic heterocycles. The standard InChI is InChI=1S/C40H35N5/c1-26-16-30-17-27(2)22-40(21-26,23-30)36-14-12-31(13-15-36)32-8-5-11-35(20-32)39-44-37(33-9-3-6-28(18-33)24-41)43-38(45-39)34-10-4-7-29(19-34)25-42/h3-15,18-20,26-27,30H,16-17,21-23H2,1-2H3/t26-,27?,30?,40?/m0/s1. The second-order valence-electron chi connectivity index (χ2n) is 13.3. The highest BCUT2D eigenvalue weighted by molar-refractivity contribution is 5.73. The topological polar surface area (TPSA) is 86.2 Å². The molecule has 2 aliphatic rings. The molecule has 5 nitrogen and oxygen atoms in total. The molecule has 0 N–H and O–H groups in total. The van der Waals surface area contributed by atoms with E-state index in [0.29, 0.717) is 34.0 Å². The summed E-state index contributed by atoms with van der Waals surface area (Å²) in [6.45, 7) is 4.88. The van der Waals surface area contributed by atoms with Crippen molar-refractivity contribution in [2.45, 2.75) is 51.4 Å². The predicted octanol–water partition coefficient (Wildman–Crippen LogP) is 9.39. The lowest BCUT2D eigenvalue weighted by molar-refractivity contribution is 0.0780. The van der Waals surface area contributed by atoms with Crippen LogP contribution in [0, 0.1) is 40.4 Å². The molecule has 0 amide bonds. The van der Waals surface area contributed by atoms with E-state index < -0.39 is 0 Å². The summed E-state index contributed by atoms with van der Waals surface area (Å²) in [7, 11) is 0. The van der Waals surface area contributed by atoms with E-state index in [4.69, 9.17) is 15.0 Å². The Morgan fingerprint density at radius 2 is 1.02 bits per heavy atom. The molecule has 2 aliphatic carbocycles. The van der Waals surface area contributed by atoms with Gasteiger partial charge >= 0.3 is 0 Å². The highest BCUT2D eigenvalue weighted by Gasteiger charge is 2.45. The molecule has 2 fully saturated rings. The Bertz CT molecular complexity index is 1870. The van der Waals surface area contributed by atoms with Crippen LogP contribution in [0.2, 0.25) is 0 Å². The van der Waals surface area contributed by atoms with Crippen LogP contribution in [0.3, 0.4) is 0 Å². The Morgan fingerprint density at radius 3 is 1.53 bits per heavy atom. The van der Waals surface area contributed by atoms with Gasteiger partial charge in [-0.2, -0.15) is 10.5 Å². The molecule has 0 radical (unpaired) electrons. The van der Waals surface area contributed by atoms with Crippen molar-refractivity contribution in [2.75, 3.05) is 0 Å². The monoisotopic (exact) mass is 585 g/mol. The SMILES string of the molecule is CC1CC2C[C@H](C)CC(c3ccc(-c4cccc(-c5nc(-c6cccc(C#N)c6)nc(-c6cccc(C#N)c6)n5)c4)cc3)(C1)C2. The van der Waals surface area contributed by atoms with Crippen LogP contribution in [-0.2, 0) is 5.41 Å². The number of rotatable bonds is 5. The average molecular weight is 586 g/mol. The molecule has 7 rings (SSSR count). The van der Waals surface area contributed by atoms with E-state index in [-0.39, 0.29) is 0 Å². The quantitative estimate of drug-likeness (QED) is 0.205. The van der Waals surface area contributed by atoms with Gasteiger partial charge in [0.2, 0.25) is 0 Å². The van der Waals surface area contributed by atoms with Crippen LogP contribution in [0.5, 0.6) is 0 Å². The van der Waals surface area contributed by atoms with Crippen LogP contribution in [0.25, 0.3) is 45.3 Å². The summed E-state index contributed by atoms with van der Waals surface area (Å²) in [5, 5.41) is 19.0. The Labute approximate surface area is 265 Å². The smallest absolute Gasteiger partial charge is 0.164 e. The molecule has 0 spiro atoms. The second-order valence-corrected chi connectivity index (χ2v) is 13.3. The van der Waals surface area contributed by atoms with Crippen molar-refractivity contribution >= 4 is 0 Å². The minimum Gasteiger partial charge on any atom is -0.208 e. The van der Waals surface area contributed by atoms with Gasteiger partial charge in [0.05, 0.1) is 23.3 Å². The van der Waals surface area contributed by atoms with Gasteiger partial charge in [0.15, 0.2) is 17.5 Å². The fourth-order valence-electron chi connectivity index (χ4n) is 8.13. The lowest BCUT2D eigenvalue weighted by atomic mass is 9.54. The van der Waals surface area contributed by atoms with Gasteiger partial charge in [-0.15, -0.1) is 0 Å². The zero-order valence-corrected chi connectivity index (χ0v) is 25.7. The van der Waals surface area contributed by atoms with Crippen molar-refractivity contribution in [3.63, 3.8) is 0 Å². The maximum absolute atomic E-state index is 9.49. The van der Waals surface area contributed by atoms with Crippen molar-refractivity contribution in [3.05, 3.63) is 114 Å². The van der Waals surface area contributed by atoms with Crippen molar-refractivity contribution in [2.24, 2.45) is 17.8 Å². The van der Waals surface area contributed by atoms with Crippen LogP contribution in [-0.4, -0.2) is 15.0 Å². The Morgan fingerprint density at radius 1 is 0.556 bits per heavy atom. The van der Waals surface area contributed by atoms with Crippen LogP contribution in [0.1, 0.15) is 62.6 Å². The highest BCUT2D eigenvalue weighted by Crippen LogP contribution is 2.54. The number of hydrogen-bond donors (Lipinski definition) is 0. The third kappa shape index (κ3) is 5.75. The summed E-state index contributed by atoms with van der Waals surface area (Å²) in [6, 6.07) is 36.6. The maximum atomic E-state index is 9.49. The van der Waals surface area contributed by atoms with E-state index in [1.54, 1.807) is 24.3 Å². The third-order valence-corrected chi connectivity index (χ3v) is 9.72. The largest absolute Gasteiger partial charge is 0.208 e. The minimum absolute atomic E-state index is 0.309.